The molecular weight excluding hydrogens is 293 g/mol. The molecule has 4 aromatic rings. The third-order valence-corrected chi connectivity index (χ3v) is 3.65. The van der Waals surface area contributed by atoms with Crippen molar-refractivity contribution >= 4 is 34.1 Å². The van der Waals surface area contributed by atoms with E-state index < -0.39 is 5.82 Å². The molecule has 21 heavy (non-hydrogen) atoms. The Morgan fingerprint density at radius 2 is 2.10 bits per heavy atom. The molecule has 0 radical (unpaired) electrons. The smallest absolute Gasteiger partial charge is 0.230 e. The minimum absolute atomic E-state index is 0.229. The fourth-order valence-electron chi connectivity index (χ4n) is 2.41. The Morgan fingerprint density at radius 3 is 2.90 bits per heavy atom. The van der Waals surface area contributed by atoms with Gasteiger partial charge in [0, 0.05) is 5.69 Å². The van der Waals surface area contributed by atoms with Crippen LogP contribution < -0.4 is 5.73 Å². The summed E-state index contributed by atoms with van der Waals surface area (Å²) in [6, 6.07) is 9.84. The highest BCUT2D eigenvalue weighted by Gasteiger charge is 2.18. The number of anilines is 1. The number of fused-ring (bicyclic) bond motifs is 3. The van der Waals surface area contributed by atoms with Crippen LogP contribution in [-0.4, -0.2) is 19.6 Å². The number of hydrogen-bond donors (Lipinski definition) is 2. The lowest BCUT2D eigenvalue weighted by Crippen LogP contribution is -1.93. The normalized spacial score (nSPS) is 11.5. The van der Waals surface area contributed by atoms with Crippen LogP contribution in [0.25, 0.3) is 28.2 Å². The molecule has 0 saturated heterocycles. The first-order chi connectivity index (χ1) is 10.1. The van der Waals surface area contributed by atoms with Crippen LogP contribution in [0.15, 0.2) is 36.4 Å². The van der Waals surface area contributed by atoms with Crippen molar-refractivity contribution in [2.24, 2.45) is 0 Å². The van der Waals surface area contributed by atoms with E-state index in [9.17, 15) is 4.39 Å². The average Bonchev–Trinajstić information content (AvgIpc) is 2.99. The number of aromatic amines is 1. The monoisotopic (exact) mass is 301 g/mol. The Labute approximate surface area is 123 Å². The summed E-state index contributed by atoms with van der Waals surface area (Å²) in [5.41, 5.74) is 8.13. The van der Waals surface area contributed by atoms with Crippen LogP contribution in [0, 0.1) is 5.82 Å². The first kappa shape index (κ1) is 12.2. The van der Waals surface area contributed by atoms with Crippen molar-refractivity contribution in [3.63, 3.8) is 0 Å². The lowest BCUT2D eigenvalue weighted by Gasteiger charge is -2.03. The van der Waals surface area contributed by atoms with Gasteiger partial charge < -0.3 is 5.73 Å². The van der Waals surface area contributed by atoms with E-state index in [2.05, 4.69) is 15.2 Å². The minimum Gasteiger partial charge on any atom is -0.399 e. The summed E-state index contributed by atoms with van der Waals surface area (Å²) < 4.78 is 15.8. The van der Waals surface area contributed by atoms with Gasteiger partial charge in [-0.2, -0.15) is 5.10 Å². The van der Waals surface area contributed by atoms with Crippen molar-refractivity contribution in [2.45, 2.75) is 0 Å². The molecule has 0 atom stereocenters. The Morgan fingerprint density at radius 1 is 1.24 bits per heavy atom. The molecule has 3 N–H and O–H groups in total. The Bertz CT molecular complexity index is 968. The maximum Gasteiger partial charge on any atom is 0.230 e. The van der Waals surface area contributed by atoms with E-state index in [4.69, 9.17) is 17.3 Å². The van der Waals surface area contributed by atoms with Crippen molar-refractivity contribution in [3.8, 4) is 11.4 Å². The second-order valence-corrected chi connectivity index (χ2v) is 5.07. The van der Waals surface area contributed by atoms with E-state index in [1.165, 1.54) is 6.07 Å². The van der Waals surface area contributed by atoms with Crippen LogP contribution in [-0.2, 0) is 0 Å². The van der Waals surface area contributed by atoms with E-state index in [-0.39, 0.29) is 10.6 Å². The van der Waals surface area contributed by atoms with Crippen LogP contribution in [0.4, 0.5) is 10.1 Å². The predicted molar refractivity (Wildman–Crippen MR) is 79.7 cm³/mol. The van der Waals surface area contributed by atoms with Crippen LogP contribution in [0.2, 0.25) is 5.02 Å². The van der Waals surface area contributed by atoms with E-state index >= 15 is 0 Å². The SMILES string of the molecule is Nc1ccc2nc3[nH]nc(-c4c(F)cccc4Cl)n3c2c1. The van der Waals surface area contributed by atoms with Crippen molar-refractivity contribution in [1.82, 2.24) is 19.6 Å². The summed E-state index contributed by atoms with van der Waals surface area (Å²) in [4.78, 5) is 4.39. The largest absolute Gasteiger partial charge is 0.399 e. The van der Waals surface area contributed by atoms with Gasteiger partial charge in [-0.1, -0.05) is 17.7 Å². The van der Waals surface area contributed by atoms with Gasteiger partial charge in [0.1, 0.15) is 5.82 Å². The molecule has 4 rings (SSSR count). The Balaban J connectivity index is 2.14. The number of H-pyrrole nitrogens is 1. The summed E-state index contributed by atoms with van der Waals surface area (Å²) in [5.74, 6) is 0.424. The summed E-state index contributed by atoms with van der Waals surface area (Å²) in [7, 11) is 0. The topological polar surface area (TPSA) is 72.0 Å². The Hall–Kier alpha value is -2.60. The van der Waals surface area contributed by atoms with Crippen LogP contribution >= 0.6 is 11.6 Å². The first-order valence-corrected chi connectivity index (χ1v) is 6.59. The molecule has 2 aromatic heterocycles. The molecule has 0 unspecified atom stereocenters. The number of nitrogens with zero attached hydrogens (tertiary/aromatic N) is 3. The maximum absolute atomic E-state index is 14.1. The molecule has 5 nitrogen and oxygen atoms in total. The molecular formula is C14H9ClFN5. The van der Waals surface area contributed by atoms with Crippen molar-refractivity contribution in [3.05, 3.63) is 47.2 Å². The summed E-state index contributed by atoms with van der Waals surface area (Å²) >= 11 is 6.12. The van der Waals surface area contributed by atoms with Crippen molar-refractivity contribution in [1.29, 1.82) is 0 Å². The zero-order valence-corrected chi connectivity index (χ0v) is 11.4. The lowest BCUT2D eigenvalue weighted by molar-refractivity contribution is 0.630. The van der Waals surface area contributed by atoms with Crippen LogP contribution in [0.5, 0.6) is 0 Å². The molecule has 7 heteroatoms. The highest BCUT2D eigenvalue weighted by Crippen LogP contribution is 2.31. The highest BCUT2D eigenvalue weighted by atomic mass is 35.5. The van der Waals surface area contributed by atoms with Gasteiger partial charge in [0.25, 0.3) is 0 Å². The number of aromatic nitrogens is 4. The Kier molecular flexibility index (Phi) is 2.43. The summed E-state index contributed by atoms with van der Waals surface area (Å²) in [5, 5.41) is 7.21. The van der Waals surface area contributed by atoms with Gasteiger partial charge in [-0.15, -0.1) is 0 Å². The number of halogens is 2. The zero-order chi connectivity index (χ0) is 14.6. The molecule has 104 valence electrons. The van der Waals surface area contributed by atoms with Crippen molar-refractivity contribution < 1.29 is 4.39 Å². The zero-order valence-electron chi connectivity index (χ0n) is 10.6. The third-order valence-electron chi connectivity index (χ3n) is 3.34. The molecule has 0 spiro atoms. The summed E-state index contributed by atoms with van der Waals surface area (Å²) in [6.07, 6.45) is 0. The number of nitrogens with one attached hydrogen (secondary N) is 1. The van der Waals surface area contributed by atoms with E-state index in [1.54, 1.807) is 34.7 Å². The molecule has 0 bridgehead atoms. The van der Waals surface area contributed by atoms with Gasteiger partial charge in [-0.05, 0) is 30.3 Å². The lowest BCUT2D eigenvalue weighted by atomic mass is 10.2. The fourth-order valence-corrected chi connectivity index (χ4v) is 2.66. The molecule has 0 aliphatic rings. The average molecular weight is 302 g/mol. The van der Waals surface area contributed by atoms with E-state index in [0.717, 1.165) is 11.0 Å². The number of nitrogens with two attached hydrogens (primary N) is 1. The standard InChI is InChI=1S/C14H9ClFN5/c15-8-2-1-3-9(16)12(8)13-19-20-14-18-10-5-4-7(17)6-11(10)21(13)14/h1-6H,17H2,(H,18,20). The quantitative estimate of drug-likeness (QED) is 0.530. The number of rotatable bonds is 1. The number of imidazole rings is 1. The number of nitrogen functional groups attached to an aromatic ring is 1. The molecule has 2 aromatic carbocycles. The number of hydrogen-bond acceptors (Lipinski definition) is 3. The molecule has 2 heterocycles. The maximum atomic E-state index is 14.1. The van der Waals surface area contributed by atoms with Crippen molar-refractivity contribution in [2.75, 3.05) is 5.73 Å². The van der Waals surface area contributed by atoms with Gasteiger partial charge in [-0.25, -0.2) is 14.5 Å². The van der Waals surface area contributed by atoms with Gasteiger partial charge >= 0.3 is 0 Å². The molecule has 0 aliphatic carbocycles. The molecule has 0 saturated carbocycles. The van der Waals surface area contributed by atoms with E-state index in [0.29, 0.717) is 17.3 Å². The minimum atomic E-state index is -0.443. The van der Waals surface area contributed by atoms with Crippen LogP contribution in [0.1, 0.15) is 0 Å². The second kappa shape index (κ2) is 4.20. The predicted octanol–water partition coefficient (Wildman–Crippen LogP) is 3.25. The fraction of sp³-hybridized carbons (Fsp3) is 0. The van der Waals surface area contributed by atoms with Gasteiger partial charge in [0.15, 0.2) is 5.82 Å². The molecule has 0 amide bonds. The van der Waals surface area contributed by atoms with Crippen LogP contribution in [0.3, 0.4) is 0 Å². The number of benzene rings is 2. The highest BCUT2D eigenvalue weighted by molar-refractivity contribution is 6.33. The molecule has 0 aliphatic heterocycles. The summed E-state index contributed by atoms with van der Waals surface area (Å²) in [6.45, 7) is 0. The third kappa shape index (κ3) is 1.69. The molecule has 0 fully saturated rings. The van der Waals surface area contributed by atoms with E-state index in [1.807, 2.05) is 0 Å². The van der Waals surface area contributed by atoms with Gasteiger partial charge in [0.2, 0.25) is 5.78 Å². The second-order valence-electron chi connectivity index (χ2n) is 4.66. The van der Waals surface area contributed by atoms with Gasteiger partial charge in [0.05, 0.1) is 21.6 Å². The first-order valence-electron chi connectivity index (χ1n) is 6.21. The van der Waals surface area contributed by atoms with Gasteiger partial charge in [-0.3, -0.25) is 4.40 Å².